The van der Waals surface area contributed by atoms with E-state index in [1.54, 1.807) is 0 Å². The lowest BCUT2D eigenvalue weighted by molar-refractivity contribution is 0.102. The van der Waals surface area contributed by atoms with Crippen LogP contribution in [0.25, 0.3) is 0 Å². The SMILES string of the molecule is Cc1cccc(Nc2ccccc2C(=O)Nc2ccc(N(C)C)cc2)c1C. The number of amides is 1. The molecular weight excluding hydrogens is 334 g/mol. The van der Waals surface area contributed by atoms with Crippen molar-refractivity contribution < 1.29 is 4.79 Å². The predicted molar refractivity (Wildman–Crippen MR) is 114 cm³/mol. The number of hydrogen-bond acceptors (Lipinski definition) is 3. The van der Waals surface area contributed by atoms with Crippen LogP contribution in [0.3, 0.4) is 0 Å². The maximum atomic E-state index is 12.8. The van der Waals surface area contributed by atoms with Crippen molar-refractivity contribution in [2.24, 2.45) is 0 Å². The van der Waals surface area contributed by atoms with Crippen molar-refractivity contribution in [3.8, 4) is 0 Å². The largest absolute Gasteiger partial charge is 0.378 e. The van der Waals surface area contributed by atoms with Crippen LogP contribution in [-0.4, -0.2) is 20.0 Å². The lowest BCUT2D eigenvalue weighted by Gasteiger charge is -2.16. The number of carbonyl (C=O) groups is 1. The molecule has 0 fully saturated rings. The van der Waals surface area contributed by atoms with Crippen LogP contribution in [0.2, 0.25) is 0 Å². The molecule has 0 heterocycles. The fourth-order valence-electron chi connectivity index (χ4n) is 2.86. The lowest BCUT2D eigenvalue weighted by Crippen LogP contribution is -2.14. The Labute approximate surface area is 160 Å². The molecular formula is C23H25N3O. The molecule has 27 heavy (non-hydrogen) atoms. The molecule has 4 nitrogen and oxygen atoms in total. The first-order chi connectivity index (χ1) is 13.0. The van der Waals surface area contributed by atoms with Crippen LogP contribution < -0.4 is 15.5 Å². The Hall–Kier alpha value is -3.27. The Bertz CT molecular complexity index is 946. The average molecular weight is 359 g/mol. The number of anilines is 4. The number of nitrogens with zero attached hydrogens (tertiary/aromatic N) is 1. The van der Waals surface area contributed by atoms with E-state index in [0.717, 1.165) is 22.7 Å². The highest BCUT2D eigenvalue weighted by Gasteiger charge is 2.12. The number of hydrogen-bond donors (Lipinski definition) is 2. The molecule has 3 aromatic carbocycles. The molecule has 0 atom stereocenters. The van der Waals surface area contributed by atoms with Gasteiger partial charge < -0.3 is 15.5 Å². The summed E-state index contributed by atoms with van der Waals surface area (Å²) in [7, 11) is 3.98. The minimum absolute atomic E-state index is 0.138. The standard InChI is InChI=1S/C23H25N3O/c1-16-8-7-11-21(17(16)2)25-22-10-6-5-9-20(22)23(27)24-18-12-14-19(15-13-18)26(3)4/h5-15,25H,1-4H3,(H,24,27). The first-order valence-corrected chi connectivity index (χ1v) is 8.96. The Balaban J connectivity index is 1.82. The van der Waals surface area contributed by atoms with E-state index in [2.05, 4.69) is 30.5 Å². The fraction of sp³-hybridized carbons (Fsp3) is 0.174. The first kappa shape index (κ1) is 18.5. The van der Waals surface area contributed by atoms with E-state index in [4.69, 9.17) is 0 Å². The van der Waals surface area contributed by atoms with E-state index in [9.17, 15) is 4.79 Å². The maximum absolute atomic E-state index is 12.8. The molecule has 0 aromatic heterocycles. The summed E-state index contributed by atoms with van der Waals surface area (Å²) in [5, 5.41) is 6.38. The summed E-state index contributed by atoms with van der Waals surface area (Å²) >= 11 is 0. The van der Waals surface area contributed by atoms with Gasteiger partial charge in [-0.15, -0.1) is 0 Å². The van der Waals surface area contributed by atoms with Crippen LogP contribution in [0.4, 0.5) is 22.7 Å². The van der Waals surface area contributed by atoms with Gasteiger partial charge in [-0.25, -0.2) is 0 Å². The molecule has 3 rings (SSSR count). The van der Waals surface area contributed by atoms with Crippen molar-refractivity contribution in [2.75, 3.05) is 29.6 Å². The van der Waals surface area contributed by atoms with Gasteiger partial charge in [0.05, 0.1) is 11.3 Å². The summed E-state index contributed by atoms with van der Waals surface area (Å²) < 4.78 is 0. The van der Waals surface area contributed by atoms with Crippen molar-refractivity contribution >= 4 is 28.7 Å². The van der Waals surface area contributed by atoms with Crippen molar-refractivity contribution in [3.05, 3.63) is 83.4 Å². The van der Waals surface area contributed by atoms with Gasteiger partial charge in [0.2, 0.25) is 0 Å². The molecule has 4 heteroatoms. The van der Waals surface area contributed by atoms with Gasteiger partial charge in [-0.3, -0.25) is 4.79 Å². The quantitative estimate of drug-likeness (QED) is 0.644. The van der Waals surface area contributed by atoms with E-state index in [1.807, 2.05) is 79.7 Å². The van der Waals surface area contributed by atoms with Gasteiger partial charge in [0.1, 0.15) is 0 Å². The molecule has 0 aliphatic heterocycles. The number of para-hydroxylation sites is 1. The van der Waals surface area contributed by atoms with E-state index < -0.39 is 0 Å². The van der Waals surface area contributed by atoms with Crippen molar-refractivity contribution in [2.45, 2.75) is 13.8 Å². The van der Waals surface area contributed by atoms with Gasteiger partial charge >= 0.3 is 0 Å². The molecule has 0 spiro atoms. The third kappa shape index (κ3) is 4.29. The maximum Gasteiger partial charge on any atom is 0.257 e. The topological polar surface area (TPSA) is 44.4 Å². The van der Waals surface area contributed by atoms with Crippen LogP contribution >= 0.6 is 0 Å². The zero-order valence-corrected chi connectivity index (χ0v) is 16.2. The average Bonchev–Trinajstić information content (AvgIpc) is 2.66. The first-order valence-electron chi connectivity index (χ1n) is 8.96. The summed E-state index contributed by atoms with van der Waals surface area (Å²) in [6.07, 6.45) is 0. The number of benzene rings is 3. The molecule has 0 radical (unpaired) electrons. The van der Waals surface area contributed by atoms with Crippen molar-refractivity contribution in [3.63, 3.8) is 0 Å². The van der Waals surface area contributed by atoms with E-state index in [-0.39, 0.29) is 5.91 Å². The monoisotopic (exact) mass is 359 g/mol. The summed E-state index contributed by atoms with van der Waals surface area (Å²) in [5.41, 5.74) is 6.64. The molecule has 1 amide bonds. The van der Waals surface area contributed by atoms with Gasteiger partial charge in [-0.1, -0.05) is 24.3 Å². The molecule has 0 aliphatic carbocycles. The summed E-state index contributed by atoms with van der Waals surface area (Å²) in [4.78, 5) is 14.9. The summed E-state index contributed by atoms with van der Waals surface area (Å²) in [6, 6.07) is 21.5. The second-order valence-electron chi connectivity index (χ2n) is 6.81. The van der Waals surface area contributed by atoms with Crippen molar-refractivity contribution in [1.82, 2.24) is 0 Å². The second kappa shape index (κ2) is 7.96. The fourth-order valence-corrected chi connectivity index (χ4v) is 2.86. The van der Waals surface area contributed by atoms with Crippen LogP contribution in [0.15, 0.2) is 66.7 Å². The minimum atomic E-state index is -0.138. The molecule has 0 bridgehead atoms. The number of rotatable bonds is 5. The lowest BCUT2D eigenvalue weighted by atomic mass is 10.1. The molecule has 2 N–H and O–H groups in total. The number of aryl methyl sites for hydroxylation is 1. The highest BCUT2D eigenvalue weighted by molar-refractivity contribution is 6.08. The van der Waals surface area contributed by atoms with Gasteiger partial charge in [0.25, 0.3) is 5.91 Å². The third-order valence-electron chi connectivity index (χ3n) is 4.69. The van der Waals surface area contributed by atoms with Gasteiger partial charge in [-0.2, -0.15) is 0 Å². The van der Waals surface area contributed by atoms with Crippen LogP contribution in [0, 0.1) is 13.8 Å². The highest BCUT2D eigenvalue weighted by atomic mass is 16.1. The van der Waals surface area contributed by atoms with Crippen LogP contribution in [0.5, 0.6) is 0 Å². The predicted octanol–water partition coefficient (Wildman–Crippen LogP) is 5.37. The van der Waals surface area contributed by atoms with E-state index >= 15 is 0 Å². The number of nitrogens with one attached hydrogen (secondary N) is 2. The Morgan fingerprint density at radius 3 is 2.19 bits per heavy atom. The van der Waals surface area contributed by atoms with Gasteiger partial charge in [0, 0.05) is 31.2 Å². The molecule has 0 aliphatic rings. The van der Waals surface area contributed by atoms with E-state index in [1.165, 1.54) is 11.1 Å². The Morgan fingerprint density at radius 2 is 1.48 bits per heavy atom. The van der Waals surface area contributed by atoms with Gasteiger partial charge in [-0.05, 0) is 67.4 Å². The molecule has 0 unspecified atom stereocenters. The van der Waals surface area contributed by atoms with Crippen molar-refractivity contribution in [1.29, 1.82) is 0 Å². The zero-order valence-electron chi connectivity index (χ0n) is 16.2. The third-order valence-corrected chi connectivity index (χ3v) is 4.69. The summed E-state index contributed by atoms with van der Waals surface area (Å²) in [5.74, 6) is -0.138. The van der Waals surface area contributed by atoms with Crippen LogP contribution in [0.1, 0.15) is 21.5 Å². The highest BCUT2D eigenvalue weighted by Crippen LogP contribution is 2.26. The van der Waals surface area contributed by atoms with Crippen LogP contribution in [-0.2, 0) is 0 Å². The molecule has 138 valence electrons. The molecule has 3 aromatic rings. The zero-order chi connectivity index (χ0) is 19.4. The van der Waals surface area contributed by atoms with Gasteiger partial charge in [0.15, 0.2) is 0 Å². The molecule has 0 saturated carbocycles. The van der Waals surface area contributed by atoms with E-state index in [0.29, 0.717) is 5.56 Å². The summed E-state index contributed by atoms with van der Waals surface area (Å²) in [6.45, 7) is 4.16. The Morgan fingerprint density at radius 1 is 0.815 bits per heavy atom. The smallest absolute Gasteiger partial charge is 0.257 e. The number of carbonyl (C=O) groups excluding carboxylic acids is 1. The normalized spacial score (nSPS) is 10.4. The Kier molecular flexibility index (Phi) is 5.46. The second-order valence-corrected chi connectivity index (χ2v) is 6.81. The molecule has 0 saturated heterocycles. The minimum Gasteiger partial charge on any atom is -0.378 e.